The first-order valence-corrected chi connectivity index (χ1v) is 12.1. The zero-order valence-electron chi connectivity index (χ0n) is 36.0. The molecule has 1 heteroatoms. The van der Waals surface area contributed by atoms with E-state index in [1.165, 1.54) is 0 Å². The number of hydrogen-bond acceptors (Lipinski definition) is 1. The fourth-order valence-corrected chi connectivity index (χ4v) is 5.13. The van der Waals surface area contributed by atoms with Gasteiger partial charge < -0.3 is 4.42 Å². The molecular weight excluding hydrogens is 472 g/mol. The van der Waals surface area contributed by atoms with Crippen molar-refractivity contribution in [2.24, 2.45) is 0 Å². The van der Waals surface area contributed by atoms with Crippen LogP contribution in [-0.4, -0.2) is 0 Å². The molecular formula is C38H24O. The predicted molar refractivity (Wildman–Crippen MR) is 165 cm³/mol. The highest BCUT2D eigenvalue weighted by Crippen LogP contribution is 2.45. The Kier molecular flexibility index (Phi) is 2.53. The molecule has 0 spiro atoms. The van der Waals surface area contributed by atoms with Crippen molar-refractivity contribution in [2.45, 2.75) is 0 Å². The molecule has 0 atom stereocenters. The summed E-state index contributed by atoms with van der Waals surface area (Å²) in [5.74, 6) is 0. The van der Waals surface area contributed by atoms with Crippen molar-refractivity contribution >= 4 is 43.5 Å². The standard InChI is InChI=1S/C38H24O/c1-3-12-25(13-4-1)28-20-11-21-34-29-23-22-27(24-35(29)39-38(28)34)37-32-18-9-7-16-30(32)36(26-14-5-2-6-15-26)31-17-8-10-19-33(31)37/h1-24H/i1D,2D,3D,4D,5D,6D,11D,12D,13D,14D,15D,20D,21D,22D,23D,24D. The fourth-order valence-electron chi connectivity index (χ4n) is 5.13. The normalized spacial score (nSPS) is 17.3. The highest BCUT2D eigenvalue weighted by Gasteiger charge is 2.18. The number of hydrogen-bond donors (Lipinski definition) is 0. The van der Waals surface area contributed by atoms with Crippen molar-refractivity contribution in [1.82, 2.24) is 0 Å². The molecule has 0 amide bonds. The lowest BCUT2D eigenvalue weighted by Gasteiger charge is -2.17. The monoisotopic (exact) mass is 512 g/mol. The molecule has 1 heterocycles. The number of furan rings is 1. The van der Waals surface area contributed by atoms with Crippen molar-refractivity contribution in [3.8, 4) is 33.4 Å². The van der Waals surface area contributed by atoms with Crippen LogP contribution in [0.5, 0.6) is 0 Å². The van der Waals surface area contributed by atoms with Crippen LogP contribution in [0.25, 0.3) is 76.9 Å². The maximum absolute atomic E-state index is 9.56. The zero-order valence-corrected chi connectivity index (χ0v) is 20.0. The summed E-state index contributed by atoms with van der Waals surface area (Å²) in [7, 11) is 0. The van der Waals surface area contributed by atoms with E-state index >= 15 is 0 Å². The molecule has 8 aromatic rings. The lowest BCUT2D eigenvalue weighted by Crippen LogP contribution is -1.90. The third kappa shape index (κ3) is 3.41. The van der Waals surface area contributed by atoms with E-state index in [1.54, 1.807) is 48.5 Å². The lowest BCUT2D eigenvalue weighted by molar-refractivity contribution is 0.670. The van der Waals surface area contributed by atoms with Gasteiger partial charge in [-0.25, -0.2) is 0 Å². The first kappa shape index (κ1) is 11.3. The minimum Gasteiger partial charge on any atom is -0.455 e. The Hall–Kier alpha value is -5.14. The van der Waals surface area contributed by atoms with Gasteiger partial charge in [0.15, 0.2) is 0 Å². The largest absolute Gasteiger partial charge is 0.455 e. The molecule has 1 aromatic heterocycles. The molecule has 0 N–H and O–H groups in total. The quantitative estimate of drug-likeness (QED) is 0.215. The number of rotatable bonds is 3. The molecule has 0 bridgehead atoms. The van der Waals surface area contributed by atoms with E-state index in [2.05, 4.69) is 0 Å². The van der Waals surface area contributed by atoms with Crippen LogP contribution in [0.1, 0.15) is 21.9 Å². The van der Waals surface area contributed by atoms with Crippen molar-refractivity contribution in [2.75, 3.05) is 0 Å². The second-order valence-electron chi connectivity index (χ2n) is 8.85. The van der Waals surface area contributed by atoms with Crippen LogP contribution in [0.2, 0.25) is 0 Å². The molecule has 0 fully saturated rings. The molecule has 1 nitrogen and oxygen atoms in total. The van der Waals surface area contributed by atoms with Gasteiger partial charge in [-0.15, -0.1) is 0 Å². The van der Waals surface area contributed by atoms with E-state index in [9.17, 15) is 4.11 Å². The van der Waals surface area contributed by atoms with Gasteiger partial charge in [-0.1, -0.05) is 133 Å². The maximum Gasteiger partial charge on any atom is 0.143 e. The van der Waals surface area contributed by atoms with Gasteiger partial charge in [-0.05, 0) is 61.4 Å². The zero-order chi connectivity index (χ0) is 39.7. The molecule has 0 aliphatic carbocycles. The minimum absolute atomic E-state index is 0.0448. The van der Waals surface area contributed by atoms with Gasteiger partial charge in [0.1, 0.15) is 11.2 Å². The summed E-state index contributed by atoms with van der Waals surface area (Å²) in [6, 6.07) is 4.39. The number of fused-ring (bicyclic) bond motifs is 5. The van der Waals surface area contributed by atoms with Crippen molar-refractivity contribution in [3.63, 3.8) is 0 Å². The molecule has 8 rings (SSSR count). The topological polar surface area (TPSA) is 13.1 Å². The summed E-state index contributed by atoms with van der Waals surface area (Å²) in [6.45, 7) is 0. The van der Waals surface area contributed by atoms with E-state index in [4.69, 9.17) is 22.2 Å². The summed E-state index contributed by atoms with van der Waals surface area (Å²) in [5, 5.41) is 1.26. The first-order chi connectivity index (χ1) is 26.0. The summed E-state index contributed by atoms with van der Waals surface area (Å²) in [6.07, 6.45) is 0. The SMILES string of the molecule is [2H]c1c([2H])c([2H])c(-c2c3ccccc3c(-c3c([2H])c([2H])c4c(oc5c(-c6c([2H])c([2H])c([2H])c([2H])c6[2H])c([2H])c([2H])c([2H])c54)c3[2H])c3ccccc23)c([2H])c1[2H]. The molecule has 0 aliphatic heterocycles. The Balaban J connectivity index is 1.55. The molecule has 7 aromatic carbocycles. The van der Waals surface area contributed by atoms with Gasteiger partial charge in [0.25, 0.3) is 0 Å². The van der Waals surface area contributed by atoms with Gasteiger partial charge >= 0.3 is 0 Å². The highest BCUT2D eigenvalue weighted by molar-refractivity contribution is 6.22. The van der Waals surface area contributed by atoms with E-state index in [-0.39, 0.29) is 33.1 Å². The van der Waals surface area contributed by atoms with Gasteiger partial charge in [0, 0.05) is 16.3 Å². The van der Waals surface area contributed by atoms with E-state index in [0.29, 0.717) is 32.7 Å². The Morgan fingerprint density at radius 2 is 1.00 bits per heavy atom. The summed E-state index contributed by atoms with van der Waals surface area (Å²) < 4.78 is 145. The van der Waals surface area contributed by atoms with Gasteiger partial charge in [0.05, 0.1) is 21.9 Å². The third-order valence-electron chi connectivity index (χ3n) is 6.74. The van der Waals surface area contributed by atoms with Crippen LogP contribution >= 0.6 is 0 Å². The van der Waals surface area contributed by atoms with E-state index in [1.807, 2.05) is 0 Å². The van der Waals surface area contributed by atoms with Crippen LogP contribution in [-0.2, 0) is 0 Å². The van der Waals surface area contributed by atoms with Gasteiger partial charge in [-0.3, -0.25) is 0 Å². The average Bonchev–Trinajstić information content (AvgIpc) is 3.59. The Morgan fingerprint density at radius 1 is 0.436 bits per heavy atom. The smallest absolute Gasteiger partial charge is 0.143 e. The number of benzene rings is 7. The molecule has 0 saturated carbocycles. The fraction of sp³-hybridized carbons (Fsp3) is 0. The minimum atomic E-state index is -0.704. The molecule has 0 saturated heterocycles. The van der Waals surface area contributed by atoms with Crippen molar-refractivity contribution in [1.29, 1.82) is 0 Å². The summed E-state index contributed by atoms with van der Waals surface area (Å²) in [5.41, 5.74) is -1.01. The third-order valence-corrected chi connectivity index (χ3v) is 6.74. The van der Waals surface area contributed by atoms with Crippen LogP contribution in [0.4, 0.5) is 0 Å². The molecule has 0 aliphatic rings. The maximum atomic E-state index is 9.56. The second-order valence-corrected chi connectivity index (χ2v) is 8.85. The van der Waals surface area contributed by atoms with E-state index < -0.39 is 108 Å². The first-order valence-electron chi connectivity index (χ1n) is 20.1. The van der Waals surface area contributed by atoms with Crippen LogP contribution < -0.4 is 0 Å². The summed E-state index contributed by atoms with van der Waals surface area (Å²) in [4.78, 5) is 0. The molecule has 182 valence electrons. The summed E-state index contributed by atoms with van der Waals surface area (Å²) >= 11 is 0. The molecule has 0 radical (unpaired) electrons. The van der Waals surface area contributed by atoms with Crippen LogP contribution in [0.3, 0.4) is 0 Å². The van der Waals surface area contributed by atoms with Crippen molar-refractivity contribution in [3.05, 3.63) is 145 Å². The average molecular weight is 513 g/mol. The Labute approximate surface area is 249 Å². The van der Waals surface area contributed by atoms with Crippen LogP contribution in [0, 0.1) is 0 Å². The van der Waals surface area contributed by atoms with Gasteiger partial charge in [-0.2, -0.15) is 0 Å². The highest BCUT2D eigenvalue weighted by atomic mass is 16.3. The molecule has 0 unspecified atom stereocenters. The van der Waals surface area contributed by atoms with Crippen LogP contribution in [0.15, 0.2) is 150 Å². The second kappa shape index (κ2) is 8.72. The van der Waals surface area contributed by atoms with Crippen molar-refractivity contribution < 1.29 is 26.3 Å². The van der Waals surface area contributed by atoms with Gasteiger partial charge in [0.2, 0.25) is 0 Å². The predicted octanol–water partition coefficient (Wildman–Crippen LogP) is 10.9. The molecule has 39 heavy (non-hydrogen) atoms. The Bertz CT molecular complexity index is 2940. The van der Waals surface area contributed by atoms with E-state index in [0.717, 1.165) is 0 Å². The number of para-hydroxylation sites is 1. The Morgan fingerprint density at radius 3 is 1.62 bits per heavy atom. The lowest BCUT2D eigenvalue weighted by atomic mass is 9.86.